The molecule has 1 fully saturated rings. The number of aliphatic hydroxyl groups excluding tert-OH is 1. The first-order chi connectivity index (χ1) is 27.1. The van der Waals surface area contributed by atoms with Crippen LogP contribution in [0.5, 0.6) is 11.5 Å². The summed E-state index contributed by atoms with van der Waals surface area (Å²) in [4.78, 5) is 17.7. The Kier molecular flexibility index (Phi) is 11.5. The standard InChI is InChI=1S/C45H39N3O5S2/c49-28-30-14-16-32(17-15-30)41-26-38(29-54-45-48-40-12-6-7-13-42(40)55-45)52-43(53-41)33-20-18-31(19-21-33)39-11-5-4-8-34(39)27-46-44(50)47-35-22-24-37(25-23-35)51-36-9-2-1-3-10-36/h1-25,38,41,43,49H,26-29H2,(H2,46,47,50). The maximum absolute atomic E-state index is 12.9. The molecule has 3 unspecified atom stereocenters. The Morgan fingerprint density at radius 3 is 2.27 bits per heavy atom. The van der Waals surface area contributed by atoms with Gasteiger partial charge in [-0.05, 0) is 76.3 Å². The topological polar surface area (TPSA) is 102 Å². The minimum Gasteiger partial charge on any atom is -0.457 e. The SMILES string of the molecule is O=C(NCc1ccccc1-c1ccc(C2OC(CSc3nc4ccccc4s3)CC(c3ccc(CO)cc3)O2)cc1)Nc1ccc(Oc2ccccc2)cc1. The zero-order chi connectivity index (χ0) is 37.4. The summed E-state index contributed by atoms with van der Waals surface area (Å²) in [6.07, 6.45) is -0.111. The van der Waals surface area contributed by atoms with Crippen molar-refractivity contribution >= 4 is 45.0 Å². The fourth-order valence-electron chi connectivity index (χ4n) is 6.46. The molecule has 3 N–H and O–H groups in total. The van der Waals surface area contributed by atoms with Crippen molar-refractivity contribution in [1.82, 2.24) is 10.3 Å². The molecule has 276 valence electrons. The van der Waals surface area contributed by atoms with Gasteiger partial charge in [-0.3, -0.25) is 0 Å². The van der Waals surface area contributed by atoms with Crippen molar-refractivity contribution < 1.29 is 24.1 Å². The molecule has 0 aliphatic carbocycles. The van der Waals surface area contributed by atoms with Gasteiger partial charge in [0, 0.05) is 30.0 Å². The number of hydrogen-bond acceptors (Lipinski definition) is 8. The predicted molar refractivity (Wildman–Crippen MR) is 219 cm³/mol. The Morgan fingerprint density at radius 1 is 0.782 bits per heavy atom. The Balaban J connectivity index is 0.924. The number of benzene rings is 6. The van der Waals surface area contributed by atoms with Crippen molar-refractivity contribution in [2.24, 2.45) is 0 Å². The molecule has 1 saturated heterocycles. The van der Waals surface area contributed by atoms with Gasteiger partial charge >= 0.3 is 6.03 Å². The maximum Gasteiger partial charge on any atom is 0.319 e. The number of fused-ring (bicyclic) bond motifs is 1. The molecule has 8 rings (SSSR count). The molecule has 6 aromatic carbocycles. The number of carbonyl (C=O) groups excluding carboxylic acids is 1. The number of thioether (sulfide) groups is 1. The lowest BCUT2D eigenvalue weighted by molar-refractivity contribution is -0.245. The molecule has 3 atom stereocenters. The van der Waals surface area contributed by atoms with E-state index in [1.807, 2.05) is 115 Å². The van der Waals surface area contributed by atoms with Gasteiger partial charge in [-0.25, -0.2) is 9.78 Å². The fourth-order valence-corrected chi connectivity index (χ4v) is 8.57. The van der Waals surface area contributed by atoms with Gasteiger partial charge in [-0.2, -0.15) is 0 Å². The molecule has 10 heteroatoms. The number of anilines is 1. The van der Waals surface area contributed by atoms with Gasteiger partial charge in [0.1, 0.15) is 11.5 Å². The molecule has 2 amide bonds. The van der Waals surface area contributed by atoms with Crippen molar-refractivity contribution in [3.05, 3.63) is 174 Å². The maximum atomic E-state index is 12.9. The van der Waals surface area contributed by atoms with Crippen LogP contribution in [-0.4, -0.2) is 28.0 Å². The molecule has 0 spiro atoms. The van der Waals surface area contributed by atoms with Crippen LogP contribution in [0.1, 0.15) is 41.1 Å². The highest BCUT2D eigenvalue weighted by Gasteiger charge is 2.32. The van der Waals surface area contributed by atoms with E-state index in [2.05, 4.69) is 47.0 Å². The van der Waals surface area contributed by atoms with E-state index in [4.69, 9.17) is 19.2 Å². The lowest BCUT2D eigenvalue weighted by Crippen LogP contribution is -2.31. The molecule has 1 aliphatic rings. The molecule has 0 radical (unpaired) electrons. The second-order valence-corrected chi connectivity index (χ2v) is 15.4. The summed E-state index contributed by atoms with van der Waals surface area (Å²) in [5.74, 6) is 2.18. The van der Waals surface area contributed by atoms with Crippen LogP contribution in [-0.2, 0) is 22.6 Å². The monoisotopic (exact) mass is 765 g/mol. The normalized spacial score (nSPS) is 16.8. The summed E-state index contributed by atoms with van der Waals surface area (Å²) in [5, 5.41) is 15.5. The van der Waals surface area contributed by atoms with E-state index in [9.17, 15) is 9.90 Å². The first-order valence-electron chi connectivity index (χ1n) is 18.1. The Labute approximate surface area is 328 Å². The van der Waals surface area contributed by atoms with Gasteiger partial charge in [0.15, 0.2) is 10.6 Å². The van der Waals surface area contributed by atoms with Gasteiger partial charge in [0.2, 0.25) is 0 Å². The van der Waals surface area contributed by atoms with E-state index in [-0.39, 0.29) is 24.8 Å². The van der Waals surface area contributed by atoms with E-state index < -0.39 is 6.29 Å². The Hall–Kier alpha value is -5.49. The molecule has 1 aliphatic heterocycles. The van der Waals surface area contributed by atoms with Crippen LogP contribution in [0.25, 0.3) is 21.3 Å². The predicted octanol–water partition coefficient (Wildman–Crippen LogP) is 10.9. The Morgan fingerprint density at radius 2 is 1.49 bits per heavy atom. The number of hydrogen-bond donors (Lipinski definition) is 3. The van der Waals surface area contributed by atoms with Crippen LogP contribution in [0.4, 0.5) is 10.5 Å². The molecule has 8 nitrogen and oxygen atoms in total. The average Bonchev–Trinajstić information content (AvgIpc) is 3.67. The van der Waals surface area contributed by atoms with Gasteiger partial charge in [0.25, 0.3) is 0 Å². The third kappa shape index (κ3) is 9.25. The zero-order valence-corrected chi connectivity index (χ0v) is 31.5. The van der Waals surface area contributed by atoms with Crippen LogP contribution in [0.15, 0.2) is 156 Å². The van der Waals surface area contributed by atoms with Crippen molar-refractivity contribution in [1.29, 1.82) is 0 Å². The van der Waals surface area contributed by atoms with E-state index in [0.717, 1.165) is 54.7 Å². The smallest absolute Gasteiger partial charge is 0.319 e. The van der Waals surface area contributed by atoms with E-state index in [0.29, 0.717) is 24.4 Å². The third-order valence-corrected chi connectivity index (χ3v) is 11.6. The average molecular weight is 766 g/mol. The Bertz CT molecular complexity index is 2300. The first-order valence-corrected chi connectivity index (χ1v) is 19.9. The zero-order valence-electron chi connectivity index (χ0n) is 29.8. The van der Waals surface area contributed by atoms with Crippen LogP contribution in [0, 0.1) is 0 Å². The number of aromatic nitrogens is 1. The number of urea groups is 1. The van der Waals surface area contributed by atoms with Crippen molar-refractivity contribution in [2.75, 3.05) is 11.1 Å². The van der Waals surface area contributed by atoms with E-state index in [1.165, 1.54) is 4.70 Å². The number of thiazole rings is 1. The van der Waals surface area contributed by atoms with Gasteiger partial charge in [0.05, 0.1) is 29.0 Å². The van der Waals surface area contributed by atoms with Crippen LogP contribution in [0.2, 0.25) is 0 Å². The van der Waals surface area contributed by atoms with Crippen molar-refractivity contribution in [3.8, 4) is 22.6 Å². The minimum absolute atomic E-state index is 0.00179. The molecule has 0 bridgehead atoms. The summed E-state index contributed by atoms with van der Waals surface area (Å²) in [7, 11) is 0. The lowest BCUT2D eigenvalue weighted by Gasteiger charge is -2.36. The number of carbonyl (C=O) groups is 1. The van der Waals surface area contributed by atoms with Gasteiger partial charge in [-0.15, -0.1) is 11.3 Å². The second-order valence-electron chi connectivity index (χ2n) is 13.1. The largest absolute Gasteiger partial charge is 0.457 e. The fraction of sp³-hybridized carbons (Fsp3) is 0.156. The summed E-state index contributed by atoms with van der Waals surface area (Å²) in [5.41, 5.74) is 7.54. The molecular formula is C45H39N3O5S2. The summed E-state index contributed by atoms with van der Waals surface area (Å²) < 4.78 is 21.3. The van der Waals surface area contributed by atoms with Crippen molar-refractivity contribution in [3.63, 3.8) is 0 Å². The summed E-state index contributed by atoms with van der Waals surface area (Å²) in [6, 6.07) is 49.0. The molecule has 0 saturated carbocycles. The van der Waals surface area contributed by atoms with Crippen molar-refractivity contribution in [2.45, 2.75) is 42.4 Å². The van der Waals surface area contributed by atoms with Gasteiger partial charge in [-0.1, -0.05) is 115 Å². The third-order valence-electron chi connectivity index (χ3n) is 9.32. The molecule has 2 heterocycles. The lowest BCUT2D eigenvalue weighted by atomic mass is 9.98. The number of ether oxygens (including phenoxy) is 3. The van der Waals surface area contributed by atoms with Crippen LogP contribution in [0.3, 0.4) is 0 Å². The number of amides is 2. The van der Waals surface area contributed by atoms with E-state index >= 15 is 0 Å². The highest BCUT2D eigenvalue weighted by atomic mass is 32.2. The highest BCUT2D eigenvalue weighted by molar-refractivity contribution is 8.01. The number of rotatable bonds is 12. The van der Waals surface area contributed by atoms with Crippen LogP contribution < -0.4 is 15.4 Å². The first kappa shape index (κ1) is 36.5. The number of para-hydroxylation sites is 2. The summed E-state index contributed by atoms with van der Waals surface area (Å²) >= 11 is 3.42. The highest BCUT2D eigenvalue weighted by Crippen LogP contribution is 2.41. The van der Waals surface area contributed by atoms with E-state index in [1.54, 1.807) is 23.1 Å². The second kappa shape index (κ2) is 17.3. The minimum atomic E-state index is -0.564. The molecule has 7 aromatic rings. The van der Waals surface area contributed by atoms with Gasteiger partial charge < -0.3 is 30.0 Å². The molecule has 1 aromatic heterocycles. The molecule has 55 heavy (non-hydrogen) atoms. The number of nitrogens with zero attached hydrogens (tertiary/aromatic N) is 1. The number of nitrogens with one attached hydrogen (secondary N) is 2. The molecular weight excluding hydrogens is 727 g/mol. The quantitative estimate of drug-likeness (QED) is 0.106. The summed E-state index contributed by atoms with van der Waals surface area (Å²) in [6.45, 7) is 0.344. The van der Waals surface area contributed by atoms with Crippen LogP contribution >= 0.6 is 23.1 Å². The number of aliphatic hydroxyl groups is 1.